The Morgan fingerprint density at radius 2 is 2.00 bits per heavy atom. The lowest BCUT2D eigenvalue weighted by Crippen LogP contribution is -2.32. The molecule has 1 amide bonds. The van der Waals surface area contributed by atoms with Gasteiger partial charge in [-0.2, -0.15) is 0 Å². The molecular formula is C20H28N2O4S. The summed E-state index contributed by atoms with van der Waals surface area (Å²) in [5.74, 6) is -0.200. The zero-order chi connectivity index (χ0) is 19.9. The lowest BCUT2D eigenvalue weighted by atomic mass is 10.00. The number of sulfonamides is 1. The van der Waals surface area contributed by atoms with Crippen molar-refractivity contribution in [3.63, 3.8) is 0 Å². The predicted molar refractivity (Wildman–Crippen MR) is 107 cm³/mol. The molecule has 27 heavy (non-hydrogen) atoms. The Morgan fingerprint density at radius 3 is 2.63 bits per heavy atom. The normalized spacial score (nSPS) is 14.4. The molecule has 0 fully saturated rings. The molecule has 1 aromatic carbocycles. The second kappa shape index (κ2) is 9.69. The van der Waals surface area contributed by atoms with E-state index in [1.54, 1.807) is 24.3 Å². The molecule has 1 aliphatic carbocycles. The summed E-state index contributed by atoms with van der Waals surface area (Å²) in [6.45, 7) is 2.21. The van der Waals surface area contributed by atoms with E-state index < -0.39 is 10.0 Å². The van der Waals surface area contributed by atoms with Crippen molar-refractivity contribution in [2.75, 3.05) is 23.7 Å². The number of nitrogens with one attached hydrogen (secondary N) is 1. The Morgan fingerprint density at radius 1 is 1.22 bits per heavy atom. The first-order valence-electron chi connectivity index (χ1n) is 9.30. The lowest BCUT2D eigenvalue weighted by molar-refractivity contribution is -0.121. The SMILES string of the molecule is CC(=O)c1cccc(N(CCCC(=O)NCC2=CCCCC2)S(C)(=O)=O)c1. The fourth-order valence-corrected chi connectivity index (χ4v) is 4.07. The second-order valence-electron chi connectivity index (χ2n) is 6.93. The van der Waals surface area contributed by atoms with E-state index in [9.17, 15) is 18.0 Å². The third-order valence-electron chi connectivity index (χ3n) is 4.60. The fourth-order valence-electron chi connectivity index (χ4n) is 3.12. The maximum Gasteiger partial charge on any atom is 0.232 e. The molecule has 0 saturated carbocycles. The largest absolute Gasteiger partial charge is 0.352 e. The number of allylic oxidation sites excluding steroid dienone is 1. The minimum Gasteiger partial charge on any atom is -0.352 e. The van der Waals surface area contributed by atoms with Crippen LogP contribution in [0.15, 0.2) is 35.9 Å². The van der Waals surface area contributed by atoms with Crippen molar-refractivity contribution in [2.24, 2.45) is 0 Å². The summed E-state index contributed by atoms with van der Waals surface area (Å²) in [4.78, 5) is 23.6. The molecule has 0 spiro atoms. The Bertz CT molecular complexity index is 815. The molecular weight excluding hydrogens is 364 g/mol. The second-order valence-corrected chi connectivity index (χ2v) is 8.84. The molecule has 1 aromatic rings. The summed E-state index contributed by atoms with van der Waals surface area (Å²) in [5, 5.41) is 2.91. The van der Waals surface area contributed by atoms with Crippen LogP contribution in [0.5, 0.6) is 0 Å². The van der Waals surface area contributed by atoms with Gasteiger partial charge in [-0.05, 0) is 51.2 Å². The number of nitrogens with zero attached hydrogens (tertiary/aromatic N) is 1. The predicted octanol–water partition coefficient (Wildman–Crippen LogP) is 3.05. The van der Waals surface area contributed by atoms with Crippen molar-refractivity contribution < 1.29 is 18.0 Å². The van der Waals surface area contributed by atoms with Crippen molar-refractivity contribution in [3.05, 3.63) is 41.5 Å². The number of amides is 1. The molecule has 1 aliphatic rings. The van der Waals surface area contributed by atoms with Crippen LogP contribution >= 0.6 is 0 Å². The van der Waals surface area contributed by atoms with E-state index in [4.69, 9.17) is 0 Å². The first-order chi connectivity index (χ1) is 12.8. The van der Waals surface area contributed by atoms with Crippen molar-refractivity contribution in [2.45, 2.75) is 45.4 Å². The standard InChI is InChI=1S/C20H28N2O4S/c1-16(23)18-10-6-11-19(14-18)22(27(2,25)26)13-7-12-20(24)21-15-17-8-4-3-5-9-17/h6,8,10-11,14H,3-5,7,9,12-13,15H2,1-2H3,(H,21,24). The molecule has 2 rings (SSSR count). The zero-order valence-electron chi connectivity index (χ0n) is 16.0. The summed E-state index contributed by atoms with van der Waals surface area (Å²) in [6.07, 6.45) is 8.48. The number of rotatable bonds is 9. The highest BCUT2D eigenvalue weighted by Gasteiger charge is 2.18. The van der Waals surface area contributed by atoms with Gasteiger partial charge in [0.1, 0.15) is 0 Å². The van der Waals surface area contributed by atoms with Crippen molar-refractivity contribution in [1.29, 1.82) is 0 Å². The molecule has 0 bridgehead atoms. The Hall–Kier alpha value is -2.15. The molecule has 148 valence electrons. The molecule has 0 heterocycles. The van der Waals surface area contributed by atoms with Crippen LogP contribution in [0.3, 0.4) is 0 Å². The highest BCUT2D eigenvalue weighted by Crippen LogP contribution is 2.20. The van der Waals surface area contributed by atoms with Gasteiger partial charge in [-0.25, -0.2) is 8.42 Å². The van der Waals surface area contributed by atoms with Gasteiger partial charge in [0.05, 0.1) is 11.9 Å². The van der Waals surface area contributed by atoms with Crippen molar-refractivity contribution >= 4 is 27.4 Å². The molecule has 0 unspecified atom stereocenters. The van der Waals surface area contributed by atoms with Crippen LogP contribution in [0.1, 0.15) is 55.8 Å². The van der Waals surface area contributed by atoms with E-state index >= 15 is 0 Å². The van der Waals surface area contributed by atoms with Gasteiger partial charge in [0.25, 0.3) is 0 Å². The molecule has 0 aromatic heterocycles. The number of anilines is 1. The number of carbonyl (C=O) groups excluding carboxylic acids is 2. The third kappa shape index (κ3) is 6.82. The highest BCUT2D eigenvalue weighted by atomic mass is 32.2. The van der Waals surface area contributed by atoms with Gasteiger partial charge in [-0.3, -0.25) is 13.9 Å². The van der Waals surface area contributed by atoms with Crippen LogP contribution in [0.25, 0.3) is 0 Å². The number of carbonyl (C=O) groups is 2. The van der Waals surface area contributed by atoms with Gasteiger partial charge in [0.2, 0.25) is 15.9 Å². The van der Waals surface area contributed by atoms with Gasteiger partial charge < -0.3 is 5.32 Å². The number of ketones is 1. The van der Waals surface area contributed by atoms with Crippen LogP contribution < -0.4 is 9.62 Å². The number of hydrogen-bond donors (Lipinski definition) is 1. The molecule has 0 aliphatic heterocycles. The molecule has 6 nitrogen and oxygen atoms in total. The molecule has 0 radical (unpaired) electrons. The van der Waals surface area contributed by atoms with Gasteiger partial charge >= 0.3 is 0 Å². The average molecular weight is 393 g/mol. The summed E-state index contributed by atoms with van der Waals surface area (Å²) in [6, 6.07) is 6.54. The first kappa shape index (κ1) is 21.2. The monoisotopic (exact) mass is 392 g/mol. The van der Waals surface area contributed by atoms with Gasteiger partial charge in [-0.15, -0.1) is 0 Å². The van der Waals surface area contributed by atoms with Crippen LogP contribution in [0.2, 0.25) is 0 Å². The Kier molecular flexibility index (Phi) is 7.59. The maximum absolute atomic E-state index is 12.2. The summed E-state index contributed by atoms with van der Waals surface area (Å²) in [7, 11) is -3.51. The topological polar surface area (TPSA) is 83.6 Å². The number of hydrogen-bond acceptors (Lipinski definition) is 4. The molecule has 1 N–H and O–H groups in total. The van der Waals surface area contributed by atoms with E-state index in [-0.39, 0.29) is 24.7 Å². The zero-order valence-corrected chi connectivity index (χ0v) is 16.8. The fraction of sp³-hybridized carbons (Fsp3) is 0.500. The lowest BCUT2D eigenvalue weighted by Gasteiger charge is -2.22. The smallest absolute Gasteiger partial charge is 0.232 e. The van der Waals surface area contributed by atoms with Crippen LogP contribution in [0.4, 0.5) is 5.69 Å². The van der Waals surface area contributed by atoms with E-state index in [2.05, 4.69) is 11.4 Å². The Balaban J connectivity index is 1.91. The van der Waals surface area contributed by atoms with Crippen LogP contribution in [-0.2, 0) is 14.8 Å². The highest BCUT2D eigenvalue weighted by molar-refractivity contribution is 7.92. The molecule has 0 saturated heterocycles. The summed E-state index contributed by atoms with van der Waals surface area (Å²) in [5.41, 5.74) is 2.17. The first-order valence-corrected chi connectivity index (χ1v) is 11.2. The maximum atomic E-state index is 12.2. The molecule has 0 atom stereocenters. The van der Waals surface area contributed by atoms with Crippen molar-refractivity contribution in [3.8, 4) is 0 Å². The van der Waals surface area contributed by atoms with E-state index in [1.807, 2.05) is 0 Å². The van der Waals surface area contributed by atoms with E-state index in [1.165, 1.54) is 29.6 Å². The van der Waals surface area contributed by atoms with Gasteiger partial charge in [0.15, 0.2) is 5.78 Å². The minimum atomic E-state index is -3.51. The van der Waals surface area contributed by atoms with Crippen LogP contribution in [-0.4, -0.2) is 39.5 Å². The molecule has 7 heteroatoms. The minimum absolute atomic E-state index is 0.0765. The van der Waals surface area contributed by atoms with E-state index in [0.29, 0.717) is 24.2 Å². The average Bonchev–Trinajstić information content (AvgIpc) is 2.63. The summed E-state index contributed by atoms with van der Waals surface area (Å²) >= 11 is 0. The Labute approximate surface area is 161 Å². The van der Waals surface area contributed by atoms with Crippen molar-refractivity contribution in [1.82, 2.24) is 5.32 Å². The third-order valence-corrected chi connectivity index (χ3v) is 5.80. The van der Waals surface area contributed by atoms with Gasteiger partial charge in [0, 0.05) is 25.1 Å². The number of benzene rings is 1. The number of Topliss-reactive ketones (excluding diaryl/α,β-unsaturated/α-hetero) is 1. The van der Waals surface area contributed by atoms with E-state index in [0.717, 1.165) is 19.1 Å². The van der Waals surface area contributed by atoms with Gasteiger partial charge in [-0.1, -0.05) is 23.8 Å². The van der Waals surface area contributed by atoms with Crippen LogP contribution in [0, 0.1) is 0 Å². The summed E-state index contributed by atoms with van der Waals surface area (Å²) < 4.78 is 25.6. The quantitative estimate of drug-likeness (QED) is 0.517.